The Morgan fingerprint density at radius 1 is 0.680 bits per heavy atom. The summed E-state index contributed by atoms with van der Waals surface area (Å²) in [5.41, 5.74) is 2.72. The molecule has 0 unspecified atom stereocenters. The van der Waals surface area contributed by atoms with Crippen LogP contribution in [0.25, 0.3) is 0 Å². The molecule has 0 radical (unpaired) electrons. The molecule has 2 aromatic carbocycles. The van der Waals surface area contributed by atoms with Crippen molar-refractivity contribution < 1.29 is 0 Å². The minimum absolute atomic E-state index is 0.706. The van der Waals surface area contributed by atoms with Crippen LogP contribution in [0.3, 0.4) is 0 Å². The highest BCUT2D eigenvalue weighted by Gasteiger charge is 2.33. The molecule has 0 fully saturated rings. The Bertz CT molecular complexity index is 589. The summed E-state index contributed by atoms with van der Waals surface area (Å²) in [6.07, 6.45) is 4.63. The van der Waals surface area contributed by atoms with Gasteiger partial charge in [0.25, 0.3) is 0 Å². The lowest BCUT2D eigenvalue weighted by Gasteiger charge is -2.19. The normalized spacial score (nSPS) is 14.3. The summed E-state index contributed by atoms with van der Waals surface area (Å²) in [6, 6.07) is 17.2. The summed E-state index contributed by atoms with van der Waals surface area (Å²) in [4.78, 5) is 0. The first kappa shape index (κ1) is 20.5. The van der Waals surface area contributed by atoms with Crippen LogP contribution in [0.15, 0.2) is 48.5 Å². The van der Waals surface area contributed by atoms with Crippen LogP contribution in [0.5, 0.6) is 0 Å². The Kier molecular flexibility index (Phi) is 7.61. The Hall–Kier alpha value is -0.763. The van der Waals surface area contributed by atoms with Gasteiger partial charge in [0.05, 0.1) is 0 Å². The molecule has 0 nitrogen and oxygen atoms in total. The van der Waals surface area contributed by atoms with Gasteiger partial charge in [-0.3, -0.25) is 0 Å². The van der Waals surface area contributed by atoms with E-state index < -0.39 is 6.69 Å². The summed E-state index contributed by atoms with van der Waals surface area (Å²) < 4.78 is 0. The topological polar surface area (TPSA) is 0 Å². The minimum Gasteiger partial charge on any atom is -0.134 e. The number of hydrogen-bond donors (Lipinski definition) is 0. The molecule has 136 valence electrons. The van der Waals surface area contributed by atoms with E-state index in [1.165, 1.54) is 24.0 Å². The maximum atomic E-state index is 6.86. The molecule has 0 bridgehead atoms. The first-order valence-electron chi connectivity index (χ1n) is 9.43. The second-order valence-corrected chi connectivity index (χ2v) is 13.7. The largest absolute Gasteiger partial charge is 0.310 e. The molecule has 0 N–H and O–H groups in total. The fourth-order valence-corrected chi connectivity index (χ4v) is 5.98. The van der Waals surface area contributed by atoms with Crippen LogP contribution in [-0.2, 0) is 12.8 Å². The average Bonchev–Trinajstić information content (AvgIpc) is 2.62. The molecule has 3 heteroatoms. The van der Waals surface area contributed by atoms with Crippen molar-refractivity contribution in [3.8, 4) is 0 Å². The predicted molar refractivity (Wildman–Crippen MR) is 116 cm³/mol. The lowest BCUT2D eigenvalue weighted by Crippen LogP contribution is -2.48. The van der Waals surface area contributed by atoms with Crippen molar-refractivity contribution in [2.45, 2.75) is 53.4 Å². The van der Waals surface area contributed by atoms with E-state index in [0.717, 1.165) is 23.2 Å². The van der Waals surface area contributed by atoms with Crippen molar-refractivity contribution in [2.75, 3.05) is 0 Å². The molecule has 0 saturated heterocycles. The van der Waals surface area contributed by atoms with Crippen LogP contribution in [0.4, 0.5) is 0 Å². The average molecular weight is 393 g/mol. The smallest absolute Gasteiger partial charge is 0.134 e. The highest BCUT2D eigenvalue weighted by atomic mass is 35.7. The van der Waals surface area contributed by atoms with Gasteiger partial charge in [-0.25, -0.2) is 0 Å². The lowest BCUT2D eigenvalue weighted by molar-refractivity contribution is 0.560. The second-order valence-electron chi connectivity index (χ2n) is 7.40. The zero-order valence-electron chi connectivity index (χ0n) is 15.9. The van der Waals surface area contributed by atoms with Crippen LogP contribution in [-0.4, -0.2) is 6.69 Å². The van der Waals surface area contributed by atoms with Gasteiger partial charge in [-0.15, -0.1) is 22.2 Å². The van der Waals surface area contributed by atoms with Gasteiger partial charge in [0, 0.05) is 0 Å². The Morgan fingerprint density at radius 3 is 1.28 bits per heavy atom. The molecule has 0 amide bonds. The predicted octanol–water partition coefficient (Wildman–Crippen LogP) is 5.90. The van der Waals surface area contributed by atoms with E-state index in [-0.39, 0.29) is 0 Å². The van der Waals surface area contributed by atoms with Crippen LogP contribution < -0.4 is 10.4 Å². The minimum atomic E-state index is -2.65. The van der Waals surface area contributed by atoms with Gasteiger partial charge in [-0.05, 0) is 46.2 Å². The van der Waals surface area contributed by atoms with E-state index in [1.807, 2.05) is 0 Å². The fraction of sp³-hybridized carbons (Fsp3) is 0.455. The van der Waals surface area contributed by atoms with Crippen LogP contribution in [0.1, 0.15) is 51.7 Å². The zero-order chi connectivity index (χ0) is 18.4. The maximum absolute atomic E-state index is 6.86. The summed E-state index contributed by atoms with van der Waals surface area (Å²) in [7, 11) is 0. The van der Waals surface area contributed by atoms with E-state index in [9.17, 15) is 0 Å². The van der Waals surface area contributed by atoms with E-state index in [4.69, 9.17) is 22.2 Å². The Labute approximate surface area is 164 Å². The summed E-state index contributed by atoms with van der Waals surface area (Å²) in [5, 5.41) is 2.14. The SMILES string of the molecule is CC[C@H](C)Cc1ccc([Si](Cl)(Cl)c2ccc(C[C@@H](C)CC)cc2)cc1. The van der Waals surface area contributed by atoms with Gasteiger partial charge < -0.3 is 0 Å². The van der Waals surface area contributed by atoms with Gasteiger partial charge in [0.2, 0.25) is 0 Å². The van der Waals surface area contributed by atoms with Crippen LogP contribution >= 0.6 is 22.2 Å². The highest BCUT2D eigenvalue weighted by molar-refractivity contribution is 7.56. The lowest BCUT2D eigenvalue weighted by atomic mass is 9.99. The Balaban J connectivity index is 2.14. The van der Waals surface area contributed by atoms with Gasteiger partial charge in [0.15, 0.2) is 0 Å². The summed E-state index contributed by atoms with van der Waals surface area (Å²) in [5.74, 6) is 1.41. The van der Waals surface area contributed by atoms with E-state index in [0.29, 0.717) is 11.8 Å². The first-order valence-corrected chi connectivity index (χ1v) is 13.5. The van der Waals surface area contributed by atoms with Gasteiger partial charge in [-0.2, -0.15) is 0 Å². The van der Waals surface area contributed by atoms with Gasteiger partial charge in [0.1, 0.15) is 0 Å². The molecule has 2 atom stereocenters. The van der Waals surface area contributed by atoms with Crippen LogP contribution in [0, 0.1) is 11.8 Å². The molecule has 0 aliphatic heterocycles. The molecule has 0 aliphatic rings. The van der Waals surface area contributed by atoms with Crippen LogP contribution in [0.2, 0.25) is 0 Å². The van der Waals surface area contributed by atoms with Crippen molar-refractivity contribution in [1.29, 1.82) is 0 Å². The number of benzene rings is 2. The van der Waals surface area contributed by atoms with E-state index in [1.54, 1.807) is 0 Å². The molecule has 0 aromatic heterocycles. The maximum Gasteiger partial charge on any atom is 0.310 e. The van der Waals surface area contributed by atoms with Crippen molar-refractivity contribution >= 4 is 39.2 Å². The van der Waals surface area contributed by atoms with Crippen molar-refractivity contribution in [3.63, 3.8) is 0 Å². The van der Waals surface area contributed by atoms with E-state index >= 15 is 0 Å². The third-order valence-electron chi connectivity index (χ3n) is 5.20. The fourth-order valence-electron chi connectivity index (χ4n) is 2.96. The zero-order valence-corrected chi connectivity index (χ0v) is 18.4. The quantitative estimate of drug-likeness (QED) is 0.387. The molecular weight excluding hydrogens is 363 g/mol. The van der Waals surface area contributed by atoms with Gasteiger partial charge >= 0.3 is 6.69 Å². The van der Waals surface area contributed by atoms with Crippen molar-refractivity contribution in [2.24, 2.45) is 11.8 Å². The third-order valence-corrected chi connectivity index (χ3v) is 9.93. The molecule has 25 heavy (non-hydrogen) atoms. The highest BCUT2D eigenvalue weighted by Crippen LogP contribution is 2.18. The molecule has 0 spiro atoms. The van der Waals surface area contributed by atoms with Crippen molar-refractivity contribution in [3.05, 3.63) is 59.7 Å². The van der Waals surface area contributed by atoms with Crippen molar-refractivity contribution in [1.82, 2.24) is 0 Å². The molecular formula is C22H30Cl2Si. The Morgan fingerprint density at radius 2 is 1.00 bits per heavy atom. The number of rotatable bonds is 8. The molecule has 2 aromatic rings. The number of hydrogen-bond acceptors (Lipinski definition) is 0. The standard InChI is InChI=1S/C22H30Cl2Si/c1-5-17(3)15-19-7-11-21(12-8-19)25(23,24)22-13-9-20(10-14-22)16-18(4)6-2/h7-14,17-18H,5-6,15-16H2,1-4H3/t17-,18-/m0/s1. The number of halogens is 2. The molecule has 0 saturated carbocycles. The summed E-state index contributed by atoms with van der Waals surface area (Å²) >= 11 is 13.7. The second kappa shape index (κ2) is 9.25. The molecule has 0 aliphatic carbocycles. The molecule has 0 heterocycles. The monoisotopic (exact) mass is 392 g/mol. The first-order chi connectivity index (χ1) is 11.9. The van der Waals surface area contributed by atoms with Gasteiger partial charge in [-0.1, -0.05) is 89.1 Å². The molecule has 2 rings (SSSR count). The van der Waals surface area contributed by atoms with E-state index in [2.05, 4.69) is 76.2 Å². The summed E-state index contributed by atoms with van der Waals surface area (Å²) in [6.45, 7) is 6.40. The third kappa shape index (κ3) is 5.61.